The molecule has 0 radical (unpaired) electrons. The van der Waals surface area contributed by atoms with E-state index in [1.807, 2.05) is 0 Å². The van der Waals surface area contributed by atoms with Crippen LogP contribution < -0.4 is 0 Å². The van der Waals surface area contributed by atoms with Gasteiger partial charge in [-0.15, -0.1) is 0 Å². The molecule has 0 amide bonds. The molecule has 0 aliphatic rings. The van der Waals surface area contributed by atoms with Crippen LogP contribution in [0.15, 0.2) is 0 Å². The van der Waals surface area contributed by atoms with E-state index in [4.69, 9.17) is 9.84 Å². The van der Waals surface area contributed by atoms with Gasteiger partial charge >= 0.3 is 11.9 Å². The number of ether oxygens (including phenoxy) is 1. The number of esters is 1. The second kappa shape index (κ2) is 13.9. The maximum absolute atomic E-state index is 11.7. The Kier molecular flexibility index (Phi) is 13.2. The van der Waals surface area contributed by atoms with Crippen molar-refractivity contribution in [2.24, 2.45) is 0 Å². The van der Waals surface area contributed by atoms with E-state index < -0.39 is 12.1 Å². The van der Waals surface area contributed by atoms with Gasteiger partial charge in [-0.1, -0.05) is 58.8 Å². The molecular formula is C17H32O4. The first-order chi connectivity index (χ1) is 10.1. The van der Waals surface area contributed by atoms with Crippen LogP contribution in [0.2, 0.25) is 0 Å². The van der Waals surface area contributed by atoms with Gasteiger partial charge in [0.25, 0.3) is 0 Å². The maximum atomic E-state index is 11.7. The molecule has 1 unspecified atom stereocenters. The molecule has 0 saturated carbocycles. The number of carboxylic acid groups (broad SMARTS) is 1. The minimum absolute atomic E-state index is 0.0774. The molecule has 4 heteroatoms. The normalized spacial score (nSPS) is 12.1. The Morgan fingerprint density at radius 3 is 2.10 bits per heavy atom. The van der Waals surface area contributed by atoms with Gasteiger partial charge in [0, 0.05) is 6.42 Å². The molecule has 0 fully saturated rings. The van der Waals surface area contributed by atoms with Gasteiger partial charge in [0.2, 0.25) is 0 Å². The highest BCUT2D eigenvalue weighted by molar-refractivity contribution is 5.71. The summed E-state index contributed by atoms with van der Waals surface area (Å²) in [7, 11) is 0. The van der Waals surface area contributed by atoms with Gasteiger partial charge in [-0.05, 0) is 19.3 Å². The molecule has 0 aromatic heterocycles. The predicted octanol–water partition coefficient (Wildman–Crippen LogP) is 4.70. The number of aliphatic carboxylic acids is 1. The fourth-order valence-corrected chi connectivity index (χ4v) is 2.31. The third kappa shape index (κ3) is 13.7. The number of rotatable bonds is 14. The molecule has 0 aliphatic carbocycles. The van der Waals surface area contributed by atoms with Crippen molar-refractivity contribution in [1.29, 1.82) is 0 Å². The smallest absolute Gasteiger partial charge is 0.307 e. The molecule has 0 rings (SSSR count). The lowest BCUT2D eigenvalue weighted by molar-refractivity contribution is -0.153. The summed E-state index contributed by atoms with van der Waals surface area (Å²) >= 11 is 0. The Morgan fingerprint density at radius 1 is 0.905 bits per heavy atom. The van der Waals surface area contributed by atoms with Crippen molar-refractivity contribution in [2.45, 2.75) is 97.0 Å². The van der Waals surface area contributed by atoms with Crippen LogP contribution in [0.25, 0.3) is 0 Å². The third-order valence-electron chi connectivity index (χ3n) is 3.56. The second-order valence-corrected chi connectivity index (χ2v) is 5.72. The molecule has 1 N–H and O–H groups in total. The zero-order valence-corrected chi connectivity index (χ0v) is 13.7. The van der Waals surface area contributed by atoms with E-state index in [0.717, 1.165) is 38.5 Å². The maximum Gasteiger partial charge on any atom is 0.307 e. The zero-order valence-electron chi connectivity index (χ0n) is 13.7. The lowest BCUT2D eigenvalue weighted by Crippen LogP contribution is -2.21. The van der Waals surface area contributed by atoms with Crippen LogP contribution in [0.5, 0.6) is 0 Å². The first kappa shape index (κ1) is 19.9. The first-order valence-electron chi connectivity index (χ1n) is 8.51. The van der Waals surface area contributed by atoms with E-state index in [9.17, 15) is 9.59 Å². The molecular weight excluding hydrogens is 268 g/mol. The molecule has 0 bridgehead atoms. The highest BCUT2D eigenvalue weighted by Gasteiger charge is 2.17. The number of hydrogen-bond acceptors (Lipinski definition) is 3. The van der Waals surface area contributed by atoms with Crippen molar-refractivity contribution >= 4 is 11.9 Å². The Hall–Kier alpha value is -1.06. The number of unbranched alkanes of at least 4 members (excludes halogenated alkanes) is 7. The van der Waals surface area contributed by atoms with Crippen molar-refractivity contribution in [1.82, 2.24) is 0 Å². The summed E-state index contributed by atoms with van der Waals surface area (Å²) in [5.74, 6) is -1.14. The van der Waals surface area contributed by atoms with E-state index >= 15 is 0 Å². The minimum Gasteiger partial charge on any atom is -0.481 e. The summed E-state index contributed by atoms with van der Waals surface area (Å²) in [5.41, 5.74) is 0. The highest BCUT2D eigenvalue weighted by atomic mass is 16.5. The van der Waals surface area contributed by atoms with E-state index in [1.54, 1.807) is 0 Å². The average molecular weight is 300 g/mol. The Labute approximate surface area is 129 Å². The van der Waals surface area contributed by atoms with E-state index in [1.165, 1.54) is 19.3 Å². The lowest BCUT2D eigenvalue weighted by atomic mass is 10.1. The van der Waals surface area contributed by atoms with Crippen molar-refractivity contribution in [3.8, 4) is 0 Å². The van der Waals surface area contributed by atoms with Crippen LogP contribution in [0.4, 0.5) is 0 Å². The SMILES string of the molecule is CCCCCCCCC(=O)OC(CCCCC)CC(=O)O. The van der Waals surface area contributed by atoms with Gasteiger partial charge in [0.1, 0.15) is 6.10 Å². The largest absolute Gasteiger partial charge is 0.481 e. The third-order valence-corrected chi connectivity index (χ3v) is 3.56. The average Bonchev–Trinajstić information content (AvgIpc) is 2.42. The fraction of sp³-hybridized carbons (Fsp3) is 0.882. The van der Waals surface area contributed by atoms with Gasteiger partial charge in [0.15, 0.2) is 0 Å². The molecule has 0 aromatic carbocycles. The molecule has 21 heavy (non-hydrogen) atoms. The van der Waals surface area contributed by atoms with E-state index in [2.05, 4.69) is 13.8 Å². The second-order valence-electron chi connectivity index (χ2n) is 5.72. The summed E-state index contributed by atoms with van der Waals surface area (Å²) in [6, 6.07) is 0. The van der Waals surface area contributed by atoms with Crippen LogP contribution in [0.3, 0.4) is 0 Å². The Balaban J connectivity index is 3.83. The predicted molar refractivity (Wildman–Crippen MR) is 84.3 cm³/mol. The first-order valence-corrected chi connectivity index (χ1v) is 8.51. The van der Waals surface area contributed by atoms with Crippen LogP contribution >= 0.6 is 0 Å². The van der Waals surface area contributed by atoms with Crippen LogP contribution in [-0.4, -0.2) is 23.1 Å². The summed E-state index contributed by atoms with van der Waals surface area (Å²) < 4.78 is 5.32. The molecule has 0 aliphatic heterocycles. The summed E-state index contributed by atoms with van der Waals surface area (Å²) in [5, 5.41) is 8.86. The number of carbonyl (C=O) groups excluding carboxylic acids is 1. The molecule has 0 heterocycles. The van der Waals surface area contributed by atoms with E-state index in [0.29, 0.717) is 12.8 Å². The van der Waals surface area contributed by atoms with E-state index in [-0.39, 0.29) is 12.4 Å². The van der Waals surface area contributed by atoms with Crippen LogP contribution in [-0.2, 0) is 14.3 Å². The molecule has 4 nitrogen and oxygen atoms in total. The van der Waals surface area contributed by atoms with Crippen molar-refractivity contribution in [3.05, 3.63) is 0 Å². The standard InChI is InChI=1S/C17H32O4/c1-3-5-7-8-9-11-13-17(20)21-15(14-16(18)19)12-10-6-4-2/h15H,3-14H2,1-2H3,(H,18,19). The van der Waals surface area contributed by atoms with Gasteiger partial charge in [-0.25, -0.2) is 0 Å². The highest BCUT2D eigenvalue weighted by Crippen LogP contribution is 2.13. The van der Waals surface area contributed by atoms with Gasteiger partial charge in [-0.2, -0.15) is 0 Å². The summed E-state index contributed by atoms with van der Waals surface area (Å²) in [6.45, 7) is 4.27. The quantitative estimate of drug-likeness (QED) is 0.373. The molecule has 0 spiro atoms. The number of hydrogen-bond donors (Lipinski definition) is 1. The van der Waals surface area contributed by atoms with Gasteiger partial charge in [-0.3, -0.25) is 9.59 Å². The number of carboxylic acids is 1. The van der Waals surface area contributed by atoms with Crippen molar-refractivity contribution in [2.75, 3.05) is 0 Å². The minimum atomic E-state index is -0.899. The van der Waals surface area contributed by atoms with Crippen molar-refractivity contribution in [3.63, 3.8) is 0 Å². The van der Waals surface area contributed by atoms with Crippen molar-refractivity contribution < 1.29 is 19.4 Å². The van der Waals surface area contributed by atoms with Gasteiger partial charge < -0.3 is 9.84 Å². The van der Waals surface area contributed by atoms with Crippen LogP contribution in [0, 0.1) is 0 Å². The monoisotopic (exact) mass is 300 g/mol. The molecule has 0 aromatic rings. The Morgan fingerprint density at radius 2 is 1.48 bits per heavy atom. The molecule has 1 atom stereocenters. The Bertz CT molecular complexity index is 276. The zero-order chi connectivity index (χ0) is 15.9. The summed E-state index contributed by atoms with van der Waals surface area (Å²) in [4.78, 5) is 22.5. The van der Waals surface area contributed by atoms with Gasteiger partial charge in [0.05, 0.1) is 6.42 Å². The topological polar surface area (TPSA) is 63.6 Å². The summed E-state index contributed by atoms with van der Waals surface area (Å²) in [6.07, 6.45) is 10.3. The lowest BCUT2D eigenvalue weighted by Gasteiger charge is -2.16. The molecule has 0 saturated heterocycles. The molecule has 124 valence electrons. The fourth-order valence-electron chi connectivity index (χ4n) is 2.31. The van der Waals surface area contributed by atoms with Crippen LogP contribution in [0.1, 0.15) is 90.9 Å². The number of carbonyl (C=O) groups is 2.